The summed E-state index contributed by atoms with van der Waals surface area (Å²) in [5.41, 5.74) is 2.70. The minimum absolute atomic E-state index is 0.0684. The van der Waals surface area contributed by atoms with E-state index in [1.54, 1.807) is 51.9 Å². The first kappa shape index (κ1) is 30.8. The van der Waals surface area contributed by atoms with E-state index in [2.05, 4.69) is 11.4 Å². The Balaban J connectivity index is 1.78. The molecular formula is C30H39N3O6S. The second-order valence-electron chi connectivity index (χ2n) is 9.18. The van der Waals surface area contributed by atoms with Crippen molar-refractivity contribution in [3.05, 3.63) is 69.9 Å². The second-order valence-corrected chi connectivity index (χ2v) is 10.2. The number of ether oxygens (including phenoxy) is 4. The second kappa shape index (κ2) is 15.7. The van der Waals surface area contributed by atoms with Crippen molar-refractivity contribution in [2.24, 2.45) is 0 Å². The number of para-hydroxylation sites is 2. The summed E-state index contributed by atoms with van der Waals surface area (Å²) in [5.74, 6) is 1.70. The molecule has 0 spiro atoms. The van der Waals surface area contributed by atoms with Gasteiger partial charge in [-0.3, -0.25) is 4.79 Å². The van der Waals surface area contributed by atoms with Crippen LogP contribution in [0.25, 0.3) is 0 Å². The monoisotopic (exact) mass is 569 g/mol. The molecule has 10 heteroatoms. The molecule has 3 amide bonds. The Bertz CT molecular complexity index is 1250. The average Bonchev–Trinajstić information content (AvgIpc) is 3.38. The number of nitrogens with one attached hydrogen (secondary N) is 1. The fourth-order valence-corrected chi connectivity index (χ4v) is 5.11. The van der Waals surface area contributed by atoms with Crippen LogP contribution in [0.1, 0.15) is 22.4 Å². The van der Waals surface area contributed by atoms with Gasteiger partial charge >= 0.3 is 6.03 Å². The summed E-state index contributed by atoms with van der Waals surface area (Å²) in [5, 5.41) is 4.92. The molecule has 9 nitrogen and oxygen atoms in total. The predicted octanol–water partition coefficient (Wildman–Crippen LogP) is 5.22. The van der Waals surface area contributed by atoms with Gasteiger partial charge < -0.3 is 34.1 Å². The van der Waals surface area contributed by atoms with Gasteiger partial charge in [0, 0.05) is 31.7 Å². The minimum Gasteiger partial charge on any atom is -0.495 e. The third-order valence-electron chi connectivity index (χ3n) is 6.51. The van der Waals surface area contributed by atoms with Gasteiger partial charge in [-0.15, -0.1) is 11.3 Å². The molecule has 0 aliphatic heterocycles. The van der Waals surface area contributed by atoms with Crippen LogP contribution in [0.5, 0.6) is 17.2 Å². The van der Waals surface area contributed by atoms with E-state index in [-0.39, 0.29) is 18.5 Å². The number of nitrogens with zero attached hydrogens (tertiary/aromatic N) is 2. The summed E-state index contributed by atoms with van der Waals surface area (Å²) < 4.78 is 21.4. The average molecular weight is 570 g/mol. The van der Waals surface area contributed by atoms with E-state index < -0.39 is 0 Å². The number of aryl methyl sites for hydroxylation is 1. The molecule has 1 heterocycles. The van der Waals surface area contributed by atoms with Crippen LogP contribution in [-0.2, 0) is 22.5 Å². The Kier molecular flexibility index (Phi) is 12.1. The van der Waals surface area contributed by atoms with Gasteiger partial charge in [-0.1, -0.05) is 18.2 Å². The summed E-state index contributed by atoms with van der Waals surface area (Å²) in [6.45, 7) is 3.76. The molecule has 216 valence electrons. The van der Waals surface area contributed by atoms with Crippen LogP contribution in [0, 0.1) is 6.92 Å². The number of hydrogen-bond acceptors (Lipinski definition) is 7. The minimum atomic E-state index is -0.374. The Morgan fingerprint density at radius 1 is 0.875 bits per heavy atom. The van der Waals surface area contributed by atoms with Crippen LogP contribution in [0.15, 0.2) is 53.9 Å². The van der Waals surface area contributed by atoms with Crippen molar-refractivity contribution in [1.29, 1.82) is 0 Å². The molecular weight excluding hydrogens is 530 g/mol. The third-order valence-corrected chi connectivity index (χ3v) is 7.52. The lowest BCUT2D eigenvalue weighted by Crippen LogP contribution is -2.45. The molecule has 2 aromatic carbocycles. The van der Waals surface area contributed by atoms with E-state index in [1.807, 2.05) is 47.5 Å². The molecule has 0 saturated carbocycles. The van der Waals surface area contributed by atoms with Gasteiger partial charge in [-0.25, -0.2) is 4.79 Å². The highest BCUT2D eigenvalue weighted by Crippen LogP contribution is 2.28. The molecule has 0 unspecified atom stereocenters. The van der Waals surface area contributed by atoms with Crippen LogP contribution >= 0.6 is 11.3 Å². The topological polar surface area (TPSA) is 89.6 Å². The summed E-state index contributed by atoms with van der Waals surface area (Å²) >= 11 is 1.62. The standard InChI is InChI=1S/C30H39N3O6S/c1-22-14-18-40-28(22)20-32(16-13-23-11-12-26(38-4)27(19-23)39-5)29(34)21-33(15-8-17-36-2)30(35)31-24-9-6-7-10-25(24)37-3/h6-7,9-12,14,18-19H,8,13,15-17,20-21H2,1-5H3,(H,31,35). The molecule has 0 radical (unpaired) electrons. The largest absolute Gasteiger partial charge is 0.495 e. The molecule has 0 aliphatic rings. The van der Waals surface area contributed by atoms with Crippen molar-refractivity contribution in [1.82, 2.24) is 9.80 Å². The van der Waals surface area contributed by atoms with Gasteiger partial charge in [0.25, 0.3) is 0 Å². The molecule has 0 saturated heterocycles. The van der Waals surface area contributed by atoms with E-state index >= 15 is 0 Å². The fourth-order valence-electron chi connectivity index (χ4n) is 4.19. The van der Waals surface area contributed by atoms with Crippen LogP contribution in [0.4, 0.5) is 10.5 Å². The molecule has 40 heavy (non-hydrogen) atoms. The van der Waals surface area contributed by atoms with Crippen molar-refractivity contribution in [3.8, 4) is 17.2 Å². The predicted molar refractivity (Wildman–Crippen MR) is 158 cm³/mol. The molecule has 3 rings (SSSR count). The lowest BCUT2D eigenvalue weighted by molar-refractivity contribution is -0.132. The smallest absolute Gasteiger partial charge is 0.322 e. The van der Waals surface area contributed by atoms with E-state index in [0.29, 0.717) is 62.0 Å². The number of carbonyl (C=O) groups excluding carboxylic acids is 2. The highest BCUT2D eigenvalue weighted by molar-refractivity contribution is 7.10. The number of rotatable bonds is 15. The Labute approximate surface area is 240 Å². The third kappa shape index (κ3) is 8.62. The summed E-state index contributed by atoms with van der Waals surface area (Å²) in [6.07, 6.45) is 1.21. The molecule has 0 aliphatic carbocycles. The number of carbonyl (C=O) groups is 2. The highest BCUT2D eigenvalue weighted by atomic mass is 32.1. The highest BCUT2D eigenvalue weighted by Gasteiger charge is 2.23. The normalized spacial score (nSPS) is 10.6. The molecule has 0 bridgehead atoms. The lowest BCUT2D eigenvalue weighted by Gasteiger charge is -2.28. The van der Waals surface area contributed by atoms with Crippen molar-refractivity contribution in [3.63, 3.8) is 0 Å². The van der Waals surface area contributed by atoms with Crippen molar-refractivity contribution < 1.29 is 28.5 Å². The summed E-state index contributed by atoms with van der Waals surface area (Å²) in [4.78, 5) is 31.6. The molecule has 1 N–H and O–H groups in total. The Morgan fingerprint density at radius 3 is 2.30 bits per heavy atom. The summed E-state index contributed by atoms with van der Waals surface area (Å²) in [6, 6.07) is 14.6. The van der Waals surface area contributed by atoms with Crippen LogP contribution < -0.4 is 19.5 Å². The lowest BCUT2D eigenvalue weighted by atomic mass is 10.1. The van der Waals surface area contributed by atoms with Crippen LogP contribution in [-0.4, -0.2) is 76.4 Å². The van der Waals surface area contributed by atoms with Gasteiger partial charge in [0.2, 0.25) is 5.91 Å². The van der Waals surface area contributed by atoms with Crippen molar-refractivity contribution in [2.75, 3.05) is 60.0 Å². The van der Waals surface area contributed by atoms with Crippen molar-refractivity contribution >= 4 is 29.0 Å². The quantitative estimate of drug-likeness (QED) is 0.252. The maximum atomic E-state index is 13.8. The maximum Gasteiger partial charge on any atom is 0.322 e. The zero-order chi connectivity index (χ0) is 28.9. The number of thiophene rings is 1. The van der Waals surface area contributed by atoms with Gasteiger partial charge in [-0.2, -0.15) is 0 Å². The van der Waals surface area contributed by atoms with E-state index in [4.69, 9.17) is 18.9 Å². The first-order valence-electron chi connectivity index (χ1n) is 13.1. The van der Waals surface area contributed by atoms with Crippen LogP contribution in [0.2, 0.25) is 0 Å². The van der Waals surface area contributed by atoms with E-state index in [9.17, 15) is 9.59 Å². The van der Waals surface area contributed by atoms with Gasteiger partial charge in [0.05, 0.1) is 33.6 Å². The first-order valence-corrected chi connectivity index (χ1v) is 14.0. The SMILES string of the molecule is COCCCN(CC(=O)N(CCc1ccc(OC)c(OC)c1)Cc1sccc1C)C(=O)Nc1ccccc1OC. The zero-order valence-electron chi connectivity index (χ0n) is 23.9. The summed E-state index contributed by atoms with van der Waals surface area (Å²) in [7, 11) is 6.37. The Hall–Kier alpha value is -3.76. The number of amides is 3. The fraction of sp³-hybridized carbons (Fsp3) is 0.400. The number of urea groups is 1. The van der Waals surface area contributed by atoms with E-state index in [1.165, 1.54) is 4.90 Å². The number of benzene rings is 2. The Morgan fingerprint density at radius 2 is 1.62 bits per heavy atom. The van der Waals surface area contributed by atoms with Crippen LogP contribution in [0.3, 0.4) is 0 Å². The van der Waals surface area contributed by atoms with Crippen molar-refractivity contribution in [2.45, 2.75) is 26.3 Å². The number of anilines is 1. The van der Waals surface area contributed by atoms with Gasteiger partial charge in [0.15, 0.2) is 11.5 Å². The molecule has 1 aromatic heterocycles. The van der Waals surface area contributed by atoms with Gasteiger partial charge in [-0.05, 0) is 66.6 Å². The molecule has 0 fully saturated rings. The van der Waals surface area contributed by atoms with E-state index in [0.717, 1.165) is 16.0 Å². The number of methoxy groups -OCH3 is 4. The molecule has 3 aromatic rings. The number of hydrogen-bond donors (Lipinski definition) is 1. The first-order chi connectivity index (χ1) is 19.4. The zero-order valence-corrected chi connectivity index (χ0v) is 24.7. The van der Waals surface area contributed by atoms with Gasteiger partial charge in [0.1, 0.15) is 12.3 Å². The molecule has 0 atom stereocenters. The maximum absolute atomic E-state index is 13.8.